The Kier molecular flexibility index (Phi) is 7.04. The van der Waals surface area contributed by atoms with Crippen molar-refractivity contribution in [2.45, 2.75) is 25.8 Å². The highest BCUT2D eigenvalue weighted by Crippen LogP contribution is 2.18. The summed E-state index contributed by atoms with van der Waals surface area (Å²) >= 11 is 0. The second kappa shape index (κ2) is 9.25. The van der Waals surface area contributed by atoms with Crippen molar-refractivity contribution in [2.75, 3.05) is 6.54 Å². The Morgan fingerprint density at radius 2 is 1.78 bits per heavy atom. The van der Waals surface area contributed by atoms with Crippen LogP contribution in [0, 0.1) is 0 Å². The van der Waals surface area contributed by atoms with Crippen LogP contribution >= 0.6 is 12.4 Å². The molecule has 0 fully saturated rings. The van der Waals surface area contributed by atoms with Crippen LogP contribution in [0.4, 0.5) is 0 Å². The number of rotatable bonds is 6. The third-order valence-electron chi connectivity index (χ3n) is 4.26. The molecule has 27 heavy (non-hydrogen) atoms. The minimum Gasteiger partial charge on any atom is -0.350 e. The fourth-order valence-corrected chi connectivity index (χ4v) is 2.68. The number of nitrogens with one attached hydrogen (secondary N) is 1. The van der Waals surface area contributed by atoms with E-state index in [4.69, 9.17) is 5.73 Å². The summed E-state index contributed by atoms with van der Waals surface area (Å²) in [6.45, 7) is 4.64. The fraction of sp³-hybridized carbons (Fsp3) is 0.263. The Labute approximate surface area is 164 Å². The van der Waals surface area contributed by atoms with E-state index >= 15 is 0 Å². The molecule has 1 heterocycles. The van der Waals surface area contributed by atoms with E-state index in [1.54, 1.807) is 18.2 Å². The number of nitrogens with two attached hydrogens (primary N) is 1. The summed E-state index contributed by atoms with van der Waals surface area (Å²) in [5.74, 6) is 0.258. The first-order chi connectivity index (χ1) is 12.6. The number of nitrogens with zero attached hydrogens (tertiary/aromatic N) is 4. The lowest BCUT2D eigenvalue weighted by Gasteiger charge is -2.15. The molecular formula is C19H23ClN6O. The van der Waals surface area contributed by atoms with Gasteiger partial charge in [-0.15, -0.1) is 17.5 Å². The molecule has 142 valence electrons. The molecular weight excluding hydrogens is 364 g/mol. The van der Waals surface area contributed by atoms with Crippen molar-refractivity contribution < 1.29 is 4.79 Å². The lowest BCUT2D eigenvalue weighted by atomic mass is 9.99. The maximum atomic E-state index is 12.6. The number of para-hydroxylation sites is 1. The highest BCUT2D eigenvalue weighted by Gasteiger charge is 2.15. The van der Waals surface area contributed by atoms with Gasteiger partial charge in [-0.25, -0.2) is 0 Å². The van der Waals surface area contributed by atoms with Crippen LogP contribution in [0.25, 0.3) is 5.69 Å². The van der Waals surface area contributed by atoms with Crippen molar-refractivity contribution >= 4 is 18.3 Å². The Morgan fingerprint density at radius 3 is 2.41 bits per heavy atom. The molecule has 8 heteroatoms. The molecule has 0 aliphatic heterocycles. The van der Waals surface area contributed by atoms with Crippen LogP contribution < -0.4 is 11.1 Å². The van der Waals surface area contributed by atoms with Crippen molar-refractivity contribution in [3.8, 4) is 5.69 Å². The molecule has 1 atom stereocenters. The number of hydrogen-bond acceptors (Lipinski definition) is 5. The first-order valence-corrected chi connectivity index (χ1v) is 8.52. The zero-order valence-corrected chi connectivity index (χ0v) is 16.1. The summed E-state index contributed by atoms with van der Waals surface area (Å²) in [6.07, 6.45) is 1.45. The summed E-state index contributed by atoms with van der Waals surface area (Å²) in [5, 5.41) is 14.0. The predicted molar refractivity (Wildman–Crippen MR) is 106 cm³/mol. The van der Waals surface area contributed by atoms with Crippen LogP contribution in [0.15, 0.2) is 54.9 Å². The molecule has 0 saturated carbocycles. The van der Waals surface area contributed by atoms with Crippen molar-refractivity contribution in [3.63, 3.8) is 0 Å². The Balaban J connectivity index is 0.00000261. The maximum absolute atomic E-state index is 12.6. The average Bonchev–Trinajstić information content (AvgIpc) is 3.20. The third kappa shape index (κ3) is 4.90. The molecule has 7 nitrogen and oxygen atoms in total. The smallest absolute Gasteiger partial charge is 0.253 e. The Hall–Kier alpha value is -2.77. The van der Waals surface area contributed by atoms with Gasteiger partial charge in [0.05, 0.1) is 11.3 Å². The van der Waals surface area contributed by atoms with Gasteiger partial charge in [0.15, 0.2) is 0 Å². The standard InChI is InChI=1S/C19H22N6O.ClH/c1-13(2)14-7-9-15(10-8-14)17(20)11-21-19(26)16-5-3-4-6-18(16)25-12-22-23-24-25;/h3-10,12-13,17H,11,20H2,1-2H3,(H,21,26);1H. The van der Waals surface area contributed by atoms with Gasteiger partial charge in [-0.1, -0.05) is 50.2 Å². The van der Waals surface area contributed by atoms with Crippen LogP contribution in [0.5, 0.6) is 0 Å². The fourth-order valence-electron chi connectivity index (χ4n) is 2.68. The highest BCUT2D eigenvalue weighted by atomic mass is 35.5. The summed E-state index contributed by atoms with van der Waals surface area (Å²) in [5.41, 5.74) is 9.59. The quantitative estimate of drug-likeness (QED) is 0.678. The van der Waals surface area contributed by atoms with Gasteiger partial charge in [0.25, 0.3) is 5.91 Å². The van der Waals surface area contributed by atoms with Crippen LogP contribution in [-0.2, 0) is 0 Å². The predicted octanol–water partition coefficient (Wildman–Crippen LogP) is 2.64. The van der Waals surface area contributed by atoms with Crippen LogP contribution in [0.3, 0.4) is 0 Å². The zero-order chi connectivity index (χ0) is 18.5. The Bertz CT molecular complexity index is 864. The number of benzene rings is 2. The Morgan fingerprint density at radius 1 is 1.11 bits per heavy atom. The topological polar surface area (TPSA) is 98.7 Å². The monoisotopic (exact) mass is 386 g/mol. The van der Waals surface area contributed by atoms with Gasteiger partial charge < -0.3 is 11.1 Å². The first-order valence-electron chi connectivity index (χ1n) is 8.52. The van der Waals surface area contributed by atoms with Gasteiger partial charge in [-0.3, -0.25) is 4.79 Å². The molecule has 3 rings (SSSR count). The van der Waals surface area contributed by atoms with Crippen LogP contribution in [0.2, 0.25) is 0 Å². The average molecular weight is 387 g/mol. The first kappa shape index (κ1) is 20.5. The summed E-state index contributed by atoms with van der Waals surface area (Å²) in [6, 6.07) is 15.1. The normalized spacial score (nSPS) is 11.7. The zero-order valence-electron chi connectivity index (χ0n) is 15.2. The van der Waals surface area contributed by atoms with Gasteiger partial charge in [-0.05, 0) is 39.6 Å². The molecule has 0 spiro atoms. The number of tetrazole rings is 1. The lowest BCUT2D eigenvalue weighted by Crippen LogP contribution is -2.32. The van der Waals surface area contributed by atoms with E-state index in [0.717, 1.165) is 5.56 Å². The van der Waals surface area contributed by atoms with Crippen molar-refractivity contribution in [1.29, 1.82) is 0 Å². The van der Waals surface area contributed by atoms with E-state index in [9.17, 15) is 4.79 Å². The molecule has 0 saturated heterocycles. The number of aromatic nitrogens is 4. The minimum absolute atomic E-state index is 0. The van der Waals surface area contributed by atoms with Gasteiger partial charge in [-0.2, -0.15) is 4.68 Å². The van der Waals surface area contributed by atoms with Gasteiger partial charge in [0.2, 0.25) is 0 Å². The molecule has 2 aromatic carbocycles. The second-order valence-electron chi connectivity index (χ2n) is 6.41. The summed E-state index contributed by atoms with van der Waals surface area (Å²) in [7, 11) is 0. The molecule has 1 amide bonds. The molecule has 3 aromatic rings. The van der Waals surface area contributed by atoms with E-state index < -0.39 is 0 Å². The van der Waals surface area contributed by atoms with Gasteiger partial charge >= 0.3 is 0 Å². The molecule has 1 unspecified atom stereocenters. The van der Waals surface area contributed by atoms with Crippen molar-refractivity contribution in [1.82, 2.24) is 25.5 Å². The van der Waals surface area contributed by atoms with E-state index in [2.05, 4.69) is 46.8 Å². The van der Waals surface area contributed by atoms with Crippen LogP contribution in [0.1, 0.15) is 47.3 Å². The number of carbonyl (C=O) groups excluding carboxylic acids is 1. The largest absolute Gasteiger partial charge is 0.350 e. The number of halogens is 1. The van der Waals surface area contributed by atoms with E-state index in [-0.39, 0.29) is 24.4 Å². The number of amides is 1. The molecule has 3 N–H and O–H groups in total. The molecule has 0 aliphatic carbocycles. The number of hydrogen-bond donors (Lipinski definition) is 2. The molecule has 0 radical (unpaired) electrons. The highest BCUT2D eigenvalue weighted by molar-refractivity contribution is 5.97. The van der Waals surface area contributed by atoms with Crippen molar-refractivity contribution in [2.24, 2.45) is 5.73 Å². The SMILES string of the molecule is CC(C)c1ccc(C(N)CNC(=O)c2ccccc2-n2cnnn2)cc1.Cl. The van der Waals surface area contributed by atoms with Crippen molar-refractivity contribution in [3.05, 3.63) is 71.5 Å². The minimum atomic E-state index is -0.277. The number of carbonyl (C=O) groups is 1. The van der Waals surface area contributed by atoms with Crippen LogP contribution in [-0.4, -0.2) is 32.7 Å². The van der Waals surface area contributed by atoms with Gasteiger partial charge in [0.1, 0.15) is 6.33 Å². The lowest BCUT2D eigenvalue weighted by molar-refractivity contribution is 0.0951. The van der Waals surface area contributed by atoms with E-state index in [1.807, 2.05) is 18.2 Å². The molecule has 0 aliphatic rings. The van der Waals surface area contributed by atoms with Gasteiger partial charge in [0, 0.05) is 12.6 Å². The summed E-state index contributed by atoms with van der Waals surface area (Å²) < 4.78 is 1.46. The third-order valence-corrected chi connectivity index (χ3v) is 4.26. The van der Waals surface area contributed by atoms with E-state index in [1.165, 1.54) is 16.6 Å². The summed E-state index contributed by atoms with van der Waals surface area (Å²) in [4.78, 5) is 12.6. The molecule has 0 bridgehead atoms. The maximum Gasteiger partial charge on any atom is 0.253 e. The molecule has 1 aromatic heterocycles. The second-order valence-corrected chi connectivity index (χ2v) is 6.41. The van der Waals surface area contributed by atoms with E-state index in [0.29, 0.717) is 23.7 Å².